The minimum atomic E-state index is 0.611. The van der Waals surface area contributed by atoms with Crippen LogP contribution in [0.1, 0.15) is 10.7 Å². The highest BCUT2D eigenvalue weighted by molar-refractivity contribution is 7.98. The largest absolute Gasteiger partial charge is 0.326 e. The first-order valence-electron chi connectivity index (χ1n) is 3.97. The molecule has 2 aromatic heterocycles. The van der Waals surface area contributed by atoms with Gasteiger partial charge in [-0.15, -0.1) is 23.1 Å². The Bertz CT molecular complexity index is 430. The van der Waals surface area contributed by atoms with Gasteiger partial charge >= 0.3 is 0 Å². The summed E-state index contributed by atoms with van der Waals surface area (Å²) in [6.45, 7) is 2.62. The Labute approximate surface area is 85.0 Å². The third-order valence-corrected chi connectivity index (χ3v) is 3.83. The maximum atomic E-state index is 5.58. The summed E-state index contributed by atoms with van der Waals surface area (Å²) in [5, 5.41) is 1.10. The normalized spacial score (nSPS) is 11.3. The summed E-state index contributed by atoms with van der Waals surface area (Å²) in [7, 11) is 0. The first-order chi connectivity index (χ1) is 6.26. The van der Waals surface area contributed by atoms with Gasteiger partial charge in [0, 0.05) is 17.6 Å². The number of nitrogens with zero attached hydrogens (tertiary/aromatic N) is 2. The third kappa shape index (κ3) is 1.37. The molecule has 2 rings (SSSR count). The van der Waals surface area contributed by atoms with Crippen molar-refractivity contribution in [2.45, 2.75) is 18.5 Å². The topological polar surface area (TPSA) is 43.3 Å². The van der Waals surface area contributed by atoms with Crippen molar-refractivity contribution >= 4 is 27.9 Å². The van der Waals surface area contributed by atoms with Gasteiger partial charge in [-0.25, -0.2) is 4.98 Å². The zero-order valence-corrected chi connectivity index (χ0v) is 9.21. The lowest BCUT2D eigenvalue weighted by Crippen LogP contribution is -1.92. The number of nitrogens with two attached hydrogens (primary N) is 1. The van der Waals surface area contributed by atoms with E-state index in [9.17, 15) is 0 Å². The van der Waals surface area contributed by atoms with Crippen LogP contribution in [0.3, 0.4) is 0 Å². The van der Waals surface area contributed by atoms with E-state index in [1.165, 1.54) is 9.71 Å². The number of thiazole rings is 1. The molecule has 0 bridgehead atoms. The van der Waals surface area contributed by atoms with Gasteiger partial charge in [0.2, 0.25) is 0 Å². The molecule has 0 aliphatic heterocycles. The Morgan fingerprint density at radius 2 is 2.46 bits per heavy atom. The summed E-state index contributed by atoms with van der Waals surface area (Å²) in [4.78, 5) is 6.86. The van der Waals surface area contributed by atoms with Crippen molar-refractivity contribution in [3.05, 3.63) is 16.9 Å². The summed E-state index contributed by atoms with van der Waals surface area (Å²) >= 11 is 3.40. The molecule has 2 N–H and O–H groups in total. The lowest BCUT2D eigenvalue weighted by atomic mass is 10.5. The summed E-state index contributed by atoms with van der Waals surface area (Å²) in [6.07, 6.45) is 4.12. The zero-order valence-electron chi connectivity index (χ0n) is 7.57. The van der Waals surface area contributed by atoms with Crippen LogP contribution < -0.4 is 5.73 Å². The maximum absolute atomic E-state index is 5.58. The molecule has 13 heavy (non-hydrogen) atoms. The summed E-state index contributed by atoms with van der Waals surface area (Å²) in [5.41, 5.74) is 5.58. The number of hydrogen-bond donors (Lipinski definition) is 1. The fourth-order valence-electron chi connectivity index (χ4n) is 1.27. The maximum Gasteiger partial charge on any atom is 0.134 e. The van der Waals surface area contributed by atoms with Crippen LogP contribution in [0.5, 0.6) is 0 Å². The predicted molar refractivity (Wildman–Crippen MR) is 57.5 cm³/mol. The van der Waals surface area contributed by atoms with Crippen LogP contribution in [0, 0.1) is 6.92 Å². The Morgan fingerprint density at radius 3 is 3.08 bits per heavy atom. The molecular formula is C8H11N3S2. The second-order valence-electron chi connectivity index (χ2n) is 2.75. The molecule has 0 aliphatic carbocycles. The molecule has 2 aromatic rings. The van der Waals surface area contributed by atoms with Crippen molar-refractivity contribution < 1.29 is 0 Å². The average Bonchev–Trinajstić information content (AvgIpc) is 2.66. The van der Waals surface area contributed by atoms with Crippen molar-refractivity contribution in [3.63, 3.8) is 0 Å². The van der Waals surface area contributed by atoms with E-state index in [1.54, 1.807) is 23.1 Å². The van der Waals surface area contributed by atoms with E-state index in [4.69, 9.17) is 5.73 Å². The van der Waals surface area contributed by atoms with Gasteiger partial charge < -0.3 is 5.73 Å². The molecule has 0 atom stereocenters. The van der Waals surface area contributed by atoms with Crippen LogP contribution in [-0.4, -0.2) is 15.6 Å². The summed E-state index contributed by atoms with van der Waals surface area (Å²) < 4.78 is 2.11. The first-order valence-corrected chi connectivity index (χ1v) is 6.01. The Morgan fingerprint density at radius 1 is 1.69 bits per heavy atom. The van der Waals surface area contributed by atoms with Crippen molar-refractivity contribution in [1.82, 2.24) is 9.38 Å². The fraction of sp³-hybridized carbons (Fsp3) is 0.375. The average molecular weight is 213 g/mol. The lowest BCUT2D eigenvalue weighted by molar-refractivity contribution is 1.01. The zero-order chi connectivity index (χ0) is 9.42. The third-order valence-electron chi connectivity index (χ3n) is 1.91. The number of aromatic nitrogens is 2. The van der Waals surface area contributed by atoms with E-state index in [0.29, 0.717) is 6.54 Å². The van der Waals surface area contributed by atoms with Crippen LogP contribution >= 0.6 is 23.1 Å². The highest BCUT2D eigenvalue weighted by atomic mass is 32.2. The van der Waals surface area contributed by atoms with Gasteiger partial charge in [-0.1, -0.05) is 0 Å². The van der Waals surface area contributed by atoms with Crippen LogP contribution in [0.4, 0.5) is 0 Å². The molecule has 0 fully saturated rings. The van der Waals surface area contributed by atoms with E-state index in [1.807, 2.05) is 13.2 Å². The fourth-order valence-corrected chi connectivity index (χ4v) is 3.04. The number of imidazole rings is 1. The second kappa shape index (κ2) is 3.32. The molecule has 0 spiro atoms. The van der Waals surface area contributed by atoms with Gasteiger partial charge in [0.15, 0.2) is 0 Å². The molecule has 70 valence electrons. The van der Waals surface area contributed by atoms with Gasteiger partial charge in [-0.05, 0) is 13.2 Å². The van der Waals surface area contributed by atoms with Crippen LogP contribution in [0.25, 0.3) is 4.83 Å². The first kappa shape index (κ1) is 9.05. The van der Waals surface area contributed by atoms with E-state index in [2.05, 4.69) is 15.6 Å². The monoisotopic (exact) mass is 213 g/mol. The highest BCUT2D eigenvalue weighted by Crippen LogP contribution is 2.28. The molecular weight excluding hydrogens is 202 g/mol. The number of aryl methyl sites for hydroxylation is 1. The van der Waals surface area contributed by atoms with E-state index >= 15 is 0 Å². The molecule has 0 amide bonds. The summed E-state index contributed by atoms with van der Waals surface area (Å²) in [6, 6.07) is 0. The van der Waals surface area contributed by atoms with Crippen LogP contribution in [-0.2, 0) is 6.54 Å². The standard InChI is InChI=1S/C8H11N3S2/c1-5-10-7(12-2)8-11(5)4-6(3-9)13-8/h4H,3,9H2,1-2H3. The molecule has 5 heteroatoms. The van der Waals surface area contributed by atoms with Crippen molar-refractivity contribution in [3.8, 4) is 0 Å². The van der Waals surface area contributed by atoms with Crippen LogP contribution in [0.15, 0.2) is 11.2 Å². The minimum Gasteiger partial charge on any atom is -0.326 e. The SMILES string of the molecule is CSc1nc(C)n2cc(CN)sc12. The number of rotatable bonds is 2. The Balaban J connectivity index is 2.68. The van der Waals surface area contributed by atoms with Gasteiger partial charge in [-0.2, -0.15) is 0 Å². The molecule has 2 heterocycles. The molecule has 0 saturated carbocycles. The van der Waals surface area contributed by atoms with Gasteiger partial charge in [0.25, 0.3) is 0 Å². The molecule has 0 aliphatic rings. The number of hydrogen-bond acceptors (Lipinski definition) is 4. The molecule has 3 nitrogen and oxygen atoms in total. The Hall–Kier alpha value is -0.520. The number of fused-ring (bicyclic) bond motifs is 1. The molecule has 0 saturated heterocycles. The predicted octanol–water partition coefficient (Wildman–Crippen LogP) is 1.88. The lowest BCUT2D eigenvalue weighted by Gasteiger charge is -1.86. The molecule has 0 unspecified atom stereocenters. The van der Waals surface area contributed by atoms with E-state index < -0.39 is 0 Å². The molecule has 0 aromatic carbocycles. The highest BCUT2D eigenvalue weighted by Gasteiger charge is 2.10. The van der Waals surface area contributed by atoms with Crippen molar-refractivity contribution in [1.29, 1.82) is 0 Å². The van der Waals surface area contributed by atoms with Gasteiger partial charge in [0.1, 0.15) is 15.7 Å². The molecule has 0 radical (unpaired) electrons. The Kier molecular flexibility index (Phi) is 2.31. The minimum absolute atomic E-state index is 0.611. The van der Waals surface area contributed by atoms with Gasteiger partial charge in [-0.3, -0.25) is 4.40 Å². The quantitative estimate of drug-likeness (QED) is 0.775. The van der Waals surface area contributed by atoms with Crippen LogP contribution in [0.2, 0.25) is 0 Å². The van der Waals surface area contributed by atoms with Crippen molar-refractivity contribution in [2.24, 2.45) is 5.73 Å². The summed E-state index contributed by atoms with van der Waals surface area (Å²) in [5.74, 6) is 1.04. The second-order valence-corrected chi connectivity index (χ2v) is 4.66. The van der Waals surface area contributed by atoms with E-state index in [-0.39, 0.29) is 0 Å². The van der Waals surface area contributed by atoms with Crippen molar-refractivity contribution in [2.75, 3.05) is 6.26 Å². The smallest absolute Gasteiger partial charge is 0.134 e. The van der Waals surface area contributed by atoms with E-state index in [0.717, 1.165) is 10.9 Å². The van der Waals surface area contributed by atoms with Gasteiger partial charge in [0.05, 0.1) is 0 Å². The number of thioether (sulfide) groups is 1.